The Morgan fingerprint density at radius 3 is 2.43 bits per heavy atom. The van der Waals surface area contributed by atoms with Crippen LogP contribution in [0.5, 0.6) is 0 Å². The van der Waals surface area contributed by atoms with Crippen LogP contribution < -0.4 is 5.56 Å². The van der Waals surface area contributed by atoms with Crippen molar-refractivity contribution in [1.29, 1.82) is 0 Å². The van der Waals surface area contributed by atoms with Crippen LogP contribution >= 0.6 is 0 Å². The molecule has 1 aromatic carbocycles. The second-order valence-electron chi connectivity index (χ2n) is 10.0. The predicted molar refractivity (Wildman–Crippen MR) is 128 cm³/mol. The van der Waals surface area contributed by atoms with Gasteiger partial charge >= 0.3 is 0 Å². The smallest absolute Gasteiger partial charge is 0.264 e. The number of piperidine rings is 1. The van der Waals surface area contributed by atoms with Crippen LogP contribution in [0.3, 0.4) is 0 Å². The molecule has 1 aliphatic carbocycles. The van der Waals surface area contributed by atoms with Crippen LogP contribution in [-0.2, 0) is 11.3 Å². The van der Waals surface area contributed by atoms with Crippen LogP contribution in [0.1, 0.15) is 32.6 Å². The van der Waals surface area contributed by atoms with Crippen LogP contribution in [0.4, 0.5) is 0 Å². The minimum absolute atomic E-state index is 0.137. The van der Waals surface area contributed by atoms with Crippen molar-refractivity contribution in [2.75, 3.05) is 13.1 Å². The number of hydrogen-bond donors (Lipinski definition) is 1. The highest BCUT2D eigenvalue weighted by Gasteiger charge is 2.48. The third-order valence-corrected chi connectivity index (χ3v) is 7.38. The lowest BCUT2D eigenvalue weighted by atomic mass is 9.90. The van der Waals surface area contributed by atoms with Gasteiger partial charge < -0.3 is 10.0 Å². The van der Waals surface area contributed by atoms with E-state index in [1.807, 2.05) is 48.4 Å². The van der Waals surface area contributed by atoms with Crippen molar-refractivity contribution in [3.05, 3.63) is 65.6 Å². The lowest BCUT2D eigenvalue weighted by Gasteiger charge is -2.39. The van der Waals surface area contributed by atoms with Gasteiger partial charge in [0.1, 0.15) is 11.7 Å². The molecule has 180 valence electrons. The first-order valence-electron chi connectivity index (χ1n) is 11.9. The molecule has 1 saturated carbocycles. The number of aromatic nitrogens is 6. The van der Waals surface area contributed by atoms with Crippen LogP contribution in [0.25, 0.3) is 22.4 Å². The second kappa shape index (κ2) is 7.88. The maximum absolute atomic E-state index is 13.2. The van der Waals surface area contributed by atoms with E-state index in [4.69, 9.17) is 0 Å². The number of carbonyl (C=O) groups excluding carboxylic acids is 1. The molecule has 0 spiro atoms. The number of hydrogen-bond acceptors (Lipinski definition) is 6. The third-order valence-electron chi connectivity index (χ3n) is 7.38. The van der Waals surface area contributed by atoms with Crippen molar-refractivity contribution in [1.82, 2.24) is 34.0 Å². The zero-order valence-electron chi connectivity index (χ0n) is 19.5. The van der Waals surface area contributed by atoms with Crippen molar-refractivity contribution in [2.45, 2.75) is 44.8 Å². The normalized spacial score (nSPS) is 18.6. The number of amides is 1. The van der Waals surface area contributed by atoms with Gasteiger partial charge in [-0.3, -0.25) is 14.2 Å². The van der Waals surface area contributed by atoms with Gasteiger partial charge in [-0.25, -0.2) is 14.3 Å². The Balaban J connectivity index is 1.20. The molecule has 0 bridgehead atoms. The van der Waals surface area contributed by atoms with Gasteiger partial charge in [-0.1, -0.05) is 6.92 Å². The topological polar surface area (TPSA) is 111 Å². The van der Waals surface area contributed by atoms with E-state index >= 15 is 0 Å². The van der Waals surface area contributed by atoms with Crippen LogP contribution in [0.15, 0.2) is 60.0 Å². The average molecular weight is 474 g/mol. The summed E-state index contributed by atoms with van der Waals surface area (Å²) in [7, 11) is 0. The number of carbonyl (C=O) groups is 1. The number of likely N-dealkylation sites (tertiary alicyclic amines) is 1. The highest BCUT2D eigenvalue weighted by molar-refractivity contribution is 5.85. The standard InChI is InChI=1S/C25H27N7O3/c1-24(7-8-24)23(34)29-13-9-25(35,10-14-29)16-30-17-26-21-20(22(30)33)15-28-32(21)19-5-3-18(4-6-19)31-12-2-11-27-31/h2-6,11-12,15,17,35H,7-10,13-14,16H2,1H3. The molecule has 1 saturated heterocycles. The van der Waals surface area contributed by atoms with Crippen molar-refractivity contribution in [3.63, 3.8) is 0 Å². The second-order valence-corrected chi connectivity index (χ2v) is 10.0. The monoisotopic (exact) mass is 473 g/mol. The highest BCUT2D eigenvalue weighted by atomic mass is 16.3. The van der Waals surface area contributed by atoms with Crippen LogP contribution in [0, 0.1) is 5.41 Å². The van der Waals surface area contributed by atoms with Gasteiger partial charge in [0.2, 0.25) is 5.91 Å². The molecule has 1 aliphatic heterocycles. The Hall–Kier alpha value is -3.79. The predicted octanol–water partition coefficient (Wildman–Crippen LogP) is 1.92. The first kappa shape index (κ1) is 21.7. The largest absolute Gasteiger partial charge is 0.388 e. The molecular weight excluding hydrogens is 446 g/mol. The minimum atomic E-state index is -1.06. The maximum Gasteiger partial charge on any atom is 0.264 e. The summed E-state index contributed by atoms with van der Waals surface area (Å²) in [5, 5.41) is 20.2. The highest BCUT2D eigenvalue weighted by Crippen LogP contribution is 2.47. The van der Waals surface area contributed by atoms with E-state index in [-0.39, 0.29) is 23.4 Å². The van der Waals surface area contributed by atoms with E-state index in [9.17, 15) is 14.7 Å². The van der Waals surface area contributed by atoms with Crippen LogP contribution in [-0.4, -0.2) is 63.7 Å². The fourth-order valence-corrected chi connectivity index (χ4v) is 4.80. The Kier molecular flexibility index (Phi) is 4.89. The zero-order chi connectivity index (χ0) is 24.2. The first-order chi connectivity index (χ1) is 16.9. The number of rotatable bonds is 5. The lowest BCUT2D eigenvalue weighted by Crippen LogP contribution is -2.51. The molecule has 0 atom stereocenters. The van der Waals surface area contributed by atoms with Crippen molar-refractivity contribution in [3.8, 4) is 11.4 Å². The van der Waals surface area contributed by atoms with Gasteiger partial charge in [-0.05, 0) is 56.0 Å². The summed E-state index contributed by atoms with van der Waals surface area (Å²) in [5.74, 6) is 0.185. The SMILES string of the molecule is CC1(C(=O)N2CCC(O)(Cn3cnc4c(cnn4-c4ccc(-n5cccn5)cc4)c3=O)CC2)CC1. The number of fused-ring (bicyclic) bond motifs is 1. The van der Waals surface area contributed by atoms with E-state index < -0.39 is 5.60 Å². The summed E-state index contributed by atoms with van der Waals surface area (Å²) in [4.78, 5) is 32.2. The summed E-state index contributed by atoms with van der Waals surface area (Å²) in [5.41, 5.74) is 0.646. The summed E-state index contributed by atoms with van der Waals surface area (Å²) >= 11 is 0. The number of aliphatic hydroxyl groups is 1. The Bertz CT molecular complexity index is 1440. The third kappa shape index (κ3) is 3.83. The van der Waals surface area contributed by atoms with E-state index in [0.717, 1.165) is 24.2 Å². The van der Waals surface area contributed by atoms with Gasteiger partial charge in [-0.2, -0.15) is 10.2 Å². The van der Waals surface area contributed by atoms with E-state index in [2.05, 4.69) is 15.2 Å². The summed E-state index contributed by atoms with van der Waals surface area (Å²) in [6.07, 6.45) is 9.32. The van der Waals surface area contributed by atoms with Crippen molar-refractivity contribution < 1.29 is 9.90 Å². The van der Waals surface area contributed by atoms with Gasteiger partial charge in [-0.15, -0.1) is 0 Å². The Morgan fingerprint density at radius 2 is 1.77 bits per heavy atom. The molecule has 2 aliphatic rings. The van der Waals surface area contributed by atoms with Crippen LogP contribution in [0.2, 0.25) is 0 Å². The Labute approximate surface area is 201 Å². The van der Waals surface area contributed by atoms with Gasteiger partial charge in [0.25, 0.3) is 5.56 Å². The van der Waals surface area contributed by atoms with Crippen molar-refractivity contribution >= 4 is 16.9 Å². The molecular formula is C25H27N7O3. The van der Waals surface area contributed by atoms with Gasteiger partial charge in [0.05, 0.1) is 29.7 Å². The molecule has 0 unspecified atom stereocenters. The molecule has 4 aromatic rings. The zero-order valence-corrected chi connectivity index (χ0v) is 19.5. The molecule has 3 aromatic heterocycles. The molecule has 4 heterocycles. The summed E-state index contributed by atoms with van der Waals surface area (Å²) in [6.45, 7) is 3.14. The molecule has 1 N–H and O–H groups in total. The first-order valence-corrected chi connectivity index (χ1v) is 11.9. The molecule has 10 nitrogen and oxygen atoms in total. The fourth-order valence-electron chi connectivity index (χ4n) is 4.80. The minimum Gasteiger partial charge on any atom is -0.388 e. The molecule has 6 rings (SSSR count). The van der Waals surface area contributed by atoms with E-state index in [0.29, 0.717) is 37.0 Å². The summed E-state index contributed by atoms with van der Waals surface area (Å²) < 4.78 is 4.85. The van der Waals surface area contributed by atoms with E-state index in [1.165, 1.54) is 17.1 Å². The fraction of sp³-hybridized carbons (Fsp3) is 0.400. The van der Waals surface area contributed by atoms with Gasteiger partial charge in [0, 0.05) is 30.9 Å². The molecule has 0 radical (unpaired) electrons. The lowest BCUT2D eigenvalue weighted by molar-refractivity contribution is -0.141. The van der Waals surface area contributed by atoms with Gasteiger partial charge in [0.15, 0.2) is 5.65 Å². The van der Waals surface area contributed by atoms with E-state index in [1.54, 1.807) is 15.6 Å². The van der Waals surface area contributed by atoms with Crippen molar-refractivity contribution in [2.24, 2.45) is 5.41 Å². The Morgan fingerprint density at radius 1 is 1.06 bits per heavy atom. The molecule has 10 heteroatoms. The molecule has 2 fully saturated rings. The molecule has 35 heavy (non-hydrogen) atoms. The quantitative estimate of drug-likeness (QED) is 0.474. The average Bonchev–Trinajstić information content (AvgIpc) is 3.26. The molecule has 1 amide bonds. The number of benzene rings is 1. The number of nitrogens with zero attached hydrogens (tertiary/aromatic N) is 7. The summed E-state index contributed by atoms with van der Waals surface area (Å²) in [6, 6.07) is 9.51. The maximum atomic E-state index is 13.2.